The van der Waals surface area contributed by atoms with E-state index in [1.165, 1.54) is 9.75 Å². The highest BCUT2D eigenvalue weighted by atomic mass is 32.1. The minimum absolute atomic E-state index is 0.0973. The van der Waals surface area contributed by atoms with Crippen molar-refractivity contribution in [2.75, 3.05) is 5.73 Å². The monoisotopic (exact) mass is 263 g/mol. The van der Waals surface area contributed by atoms with E-state index in [-0.39, 0.29) is 11.9 Å². The third-order valence-electron chi connectivity index (χ3n) is 2.63. The van der Waals surface area contributed by atoms with Gasteiger partial charge in [-0.3, -0.25) is 4.79 Å². The number of thiophene rings is 1. The molecule has 0 saturated carbocycles. The lowest BCUT2D eigenvalue weighted by Gasteiger charge is -2.12. The van der Waals surface area contributed by atoms with Gasteiger partial charge in [-0.25, -0.2) is 0 Å². The van der Waals surface area contributed by atoms with Crippen LogP contribution < -0.4 is 11.1 Å². The number of nitrogens with one attached hydrogen (secondary N) is 2. The number of anilines is 1. The number of nitrogen functional groups attached to an aromatic ring is 1. The lowest BCUT2D eigenvalue weighted by molar-refractivity contribution is 0.0936. The molecule has 1 atom stereocenters. The van der Waals surface area contributed by atoms with Gasteiger partial charge in [0.15, 0.2) is 0 Å². The first kappa shape index (κ1) is 12.7. The SMILES string of the molecule is Cc1ccc(CC(C)NC(=O)c2cc(N)c[nH]2)s1. The lowest BCUT2D eigenvalue weighted by Crippen LogP contribution is -2.34. The molecular weight excluding hydrogens is 246 g/mol. The average Bonchev–Trinajstić information content (AvgIpc) is 2.87. The van der Waals surface area contributed by atoms with E-state index in [0.29, 0.717) is 11.4 Å². The van der Waals surface area contributed by atoms with Gasteiger partial charge in [-0.1, -0.05) is 0 Å². The Bertz CT molecular complexity index is 544. The molecule has 5 heteroatoms. The molecular formula is C13H17N3OS. The van der Waals surface area contributed by atoms with Gasteiger partial charge in [-0.2, -0.15) is 0 Å². The quantitative estimate of drug-likeness (QED) is 0.792. The van der Waals surface area contributed by atoms with Crippen molar-refractivity contribution in [2.45, 2.75) is 26.3 Å². The van der Waals surface area contributed by atoms with Crippen LogP contribution in [0.5, 0.6) is 0 Å². The van der Waals surface area contributed by atoms with Crippen molar-refractivity contribution >= 4 is 22.9 Å². The fourth-order valence-electron chi connectivity index (χ4n) is 1.79. The summed E-state index contributed by atoms with van der Waals surface area (Å²) in [5.41, 5.74) is 6.64. The number of carbonyl (C=O) groups excluding carboxylic acids is 1. The second kappa shape index (κ2) is 5.27. The first-order valence-corrected chi connectivity index (χ1v) is 6.66. The van der Waals surface area contributed by atoms with Crippen LogP contribution in [-0.2, 0) is 6.42 Å². The number of amides is 1. The molecule has 96 valence electrons. The highest BCUT2D eigenvalue weighted by Crippen LogP contribution is 2.16. The van der Waals surface area contributed by atoms with Gasteiger partial charge in [0, 0.05) is 34.1 Å². The topological polar surface area (TPSA) is 70.9 Å². The Balaban J connectivity index is 1.91. The Morgan fingerprint density at radius 2 is 2.33 bits per heavy atom. The molecule has 1 unspecified atom stereocenters. The average molecular weight is 263 g/mol. The van der Waals surface area contributed by atoms with Crippen molar-refractivity contribution in [3.8, 4) is 0 Å². The predicted octanol–water partition coefficient (Wildman–Crippen LogP) is 2.33. The van der Waals surface area contributed by atoms with Crippen molar-refractivity contribution in [2.24, 2.45) is 0 Å². The van der Waals surface area contributed by atoms with Gasteiger partial charge in [0.1, 0.15) is 5.69 Å². The van der Waals surface area contributed by atoms with Crippen LogP contribution >= 0.6 is 11.3 Å². The molecule has 0 saturated heterocycles. The highest BCUT2D eigenvalue weighted by Gasteiger charge is 2.12. The third kappa shape index (κ3) is 3.13. The summed E-state index contributed by atoms with van der Waals surface area (Å²) in [6.07, 6.45) is 2.46. The van der Waals surface area contributed by atoms with E-state index in [2.05, 4.69) is 29.4 Å². The Morgan fingerprint density at radius 3 is 2.89 bits per heavy atom. The summed E-state index contributed by atoms with van der Waals surface area (Å²) in [6, 6.07) is 5.94. The zero-order chi connectivity index (χ0) is 13.1. The molecule has 0 aliphatic rings. The molecule has 1 amide bonds. The number of nitrogens with two attached hydrogens (primary N) is 1. The van der Waals surface area contributed by atoms with E-state index in [9.17, 15) is 4.79 Å². The summed E-state index contributed by atoms with van der Waals surface area (Å²) in [5.74, 6) is -0.118. The van der Waals surface area contributed by atoms with Crippen LogP contribution in [0.1, 0.15) is 27.2 Å². The fourth-order valence-corrected chi connectivity index (χ4v) is 2.81. The Hall–Kier alpha value is -1.75. The molecule has 0 aliphatic carbocycles. The summed E-state index contributed by atoms with van der Waals surface area (Å²) in [5, 5.41) is 2.95. The number of carbonyl (C=O) groups is 1. The molecule has 2 heterocycles. The maximum Gasteiger partial charge on any atom is 0.267 e. The van der Waals surface area contributed by atoms with Crippen LogP contribution in [0, 0.1) is 6.92 Å². The molecule has 4 nitrogen and oxygen atoms in total. The molecule has 0 bridgehead atoms. The number of hydrogen-bond donors (Lipinski definition) is 3. The van der Waals surface area contributed by atoms with Gasteiger partial charge in [0.05, 0.1) is 0 Å². The minimum Gasteiger partial charge on any atom is -0.397 e. The Morgan fingerprint density at radius 1 is 1.56 bits per heavy atom. The number of rotatable bonds is 4. The van der Waals surface area contributed by atoms with Gasteiger partial charge in [0.2, 0.25) is 0 Å². The van der Waals surface area contributed by atoms with Gasteiger partial charge < -0.3 is 16.0 Å². The van der Waals surface area contributed by atoms with Crippen LogP contribution in [0.25, 0.3) is 0 Å². The van der Waals surface area contributed by atoms with Crippen molar-refractivity contribution in [1.29, 1.82) is 0 Å². The summed E-state index contributed by atoms with van der Waals surface area (Å²) < 4.78 is 0. The number of hydrogen-bond acceptors (Lipinski definition) is 3. The van der Waals surface area contributed by atoms with Crippen LogP contribution in [0.2, 0.25) is 0 Å². The van der Waals surface area contributed by atoms with E-state index in [0.717, 1.165) is 6.42 Å². The largest absolute Gasteiger partial charge is 0.397 e. The first-order valence-electron chi connectivity index (χ1n) is 5.84. The van der Waals surface area contributed by atoms with Gasteiger partial charge in [-0.15, -0.1) is 11.3 Å². The molecule has 2 aromatic rings. The molecule has 4 N–H and O–H groups in total. The van der Waals surface area contributed by atoms with Gasteiger partial charge >= 0.3 is 0 Å². The van der Waals surface area contributed by atoms with Crippen molar-refractivity contribution < 1.29 is 4.79 Å². The minimum atomic E-state index is -0.118. The number of aromatic nitrogens is 1. The smallest absolute Gasteiger partial charge is 0.267 e. The molecule has 0 aliphatic heterocycles. The normalized spacial score (nSPS) is 12.3. The fraction of sp³-hybridized carbons (Fsp3) is 0.308. The summed E-state index contributed by atoms with van der Waals surface area (Å²) >= 11 is 1.76. The number of aryl methyl sites for hydroxylation is 1. The van der Waals surface area contributed by atoms with Crippen molar-refractivity contribution in [1.82, 2.24) is 10.3 Å². The van der Waals surface area contributed by atoms with E-state index in [4.69, 9.17) is 5.73 Å². The third-order valence-corrected chi connectivity index (χ3v) is 3.65. The van der Waals surface area contributed by atoms with Crippen LogP contribution in [0.3, 0.4) is 0 Å². The second-order valence-electron chi connectivity index (χ2n) is 4.44. The summed E-state index contributed by atoms with van der Waals surface area (Å²) in [4.78, 5) is 17.3. The van der Waals surface area contributed by atoms with E-state index >= 15 is 0 Å². The van der Waals surface area contributed by atoms with Crippen molar-refractivity contribution in [3.05, 3.63) is 39.8 Å². The first-order chi connectivity index (χ1) is 8.54. The van der Waals surface area contributed by atoms with E-state index in [1.807, 2.05) is 6.92 Å². The Kier molecular flexibility index (Phi) is 3.72. The molecule has 18 heavy (non-hydrogen) atoms. The van der Waals surface area contributed by atoms with Crippen LogP contribution in [0.4, 0.5) is 5.69 Å². The number of H-pyrrole nitrogens is 1. The van der Waals surface area contributed by atoms with Gasteiger partial charge in [0.25, 0.3) is 5.91 Å². The maximum absolute atomic E-state index is 11.9. The molecule has 2 rings (SSSR count). The molecule has 0 radical (unpaired) electrons. The van der Waals surface area contributed by atoms with Crippen molar-refractivity contribution in [3.63, 3.8) is 0 Å². The zero-order valence-corrected chi connectivity index (χ0v) is 11.3. The van der Waals surface area contributed by atoms with Crippen LogP contribution in [-0.4, -0.2) is 16.9 Å². The summed E-state index contributed by atoms with van der Waals surface area (Å²) in [6.45, 7) is 4.08. The van der Waals surface area contributed by atoms with Crippen LogP contribution in [0.15, 0.2) is 24.4 Å². The molecule has 0 spiro atoms. The molecule has 2 aromatic heterocycles. The predicted molar refractivity (Wildman–Crippen MR) is 74.9 cm³/mol. The molecule has 0 fully saturated rings. The zero-order valence-electron chi connectivity index (χ0n) is 10.5. The summed E-state index contributed by atoms with van der Waals surface area (Å²) in [7, 11) is 0. The van der Waals surface area contributed by atoms with Gasteiger partial charge in [-0.05, 0) is 32.0 Å². The number of aromatic amines is 1. The molecule has 0 aromatic carbocycles. The highest BCUT2D eigenvalue weighted by molar-refractivity contribution is 7.11. The van der Waals surface area contributed by atoms with E-state index < -0.39 is 0 Å². The standard InChI is InChI=1S/C13H17N3OS/c1-8(5-11-4-3-9(2)18-11)16-13(17)12-6-10(14)7-15-12/h3-4,6-8,15H,5,14H2,1-2H3,(H,16,17). The second-order valence-corrected chi connectivity index (χ2v) is 5.81. The van der Waals surface area contributed by atoms with E-state index in [1.54, 1.807) is 23.6 Å². The maximum atomic E-state index is 11.9. The lowest BCUT2D eigenvalue weighted by atomic mass is 10.2. The Labute approximate surface area is 110 Å².